The summed E-state index contributed by atoms with van der Waals surface area (Å²) in [5.41, 5.74) is -1.03. The first kappa shape index (κ1) is 13.8. The molecular weight excluding hydrogens is 255 g/mol. The molecule has 0 unspecified atom stereocenters. The molecule has 0 saturated carbocycles. The van der Waals surface area contributed by atoms with Crippen molar-refractivity contribution in [3.8, 4) is 0 Å². The largest absolute Gasteiger partial charge is 0.416 e. The van der Waals surface area contributed by atoms with Gasteiger partial charge >= 0.3 is 6.18 Å². The summed E-state index contributed by atoms with van der Waals surface area (Å²) < 4.78 is 37.5. The second-order valence-electron chi connectivity index (χ2n) is 3.85. The van der Waals surface area contributed by atoms with E-state index in [9.17, 15) is 18.0 Å². The predicted octanol–water partition coefficient (Wildman–Crippen LogP) is 3.50. The number of hydrogen-bond acceptors (Lipinski definition) is 1. The van der Waals surface area contributed by atoms with Crippen LogP contribution in [0.15, 0.2) is 18.2 Å². The van der Waals surface area contributed by atoms with Crippen LogP contribution in [0.2, 0.25) is 5.02 Å². The summed E-state index contributed by atoms with van der Waals surface area (Å²) in [6.07, 6.45) is -4.52. The molecule has 1 aromatic carbocycles. The van der Waals surface area contributed by atoms with Crippen molar-refractivity contribution in [3.05, 3.63) is 34.3 Å². The first-order valence-corrected chi connectivity index (χ1v) is 5.26. The van der Waals surface area contributed by atoms with Gasteiger partial charge in [-0.2, -0.15) is 13.2 Å². The molecule has 0 heterocycles. The molecule has 0 spiro atoms. The lowest BCUT2D eigenvalue weighted by atomic mass is 10.1. The van der Waals surface area contributed by atoms with Crippen LogP contribution in [0.1, 0.15) is 29.8 Å². The zero-order valence-electron chi connectivity index (χ0n) is 9.23. The van der Waals surface area contributed by atoms with Gasteiger partial charge in [0.1, 0.15) is 0 Å². The van der Waals surface area contributed by atoms with E-state index in [1.165, 1.54) is 6.07 Å². The van der Waals surface area contributed by atoms with Crippen molar-refractivity contribution in [2.45, 2.75) is 26.1 Å². The minimum Gasteiger partial charge on any atom is -0.350 e. The number of benzene rings is 1. The maximum atomic E-state index is 12.5. The molecule has 0 aromatic heterocycles. The number of rotatable bonds is 2. The van der Waals surface area contributed by atoms with Crippen molar-refractivity contribution >= 4 is 17.5 Å². The third kappa shape index (κ3) is 3.93. The van der Waals surface area contributed by atoms with Crippen LogP contribution in [-0.4, -0.2) is 11.9 Å². The Kier molecular flexibility index (Phi) is 4.03. The van der Waals surface area contributed by atoms with Crippen LogP contribution < -0.4 is 5.32 Å². The highest BCUT2D eigenvalue weighted by molar-refractivity contribution is 6.31. The van der Waals surface area contributed by atoms with Gasteiger partial charge in [-0.1, -0.05) is 11.6 Å². The van der Waals surface area contributed by atoms with Crippen molar-refractivity contribution in [1.29, 1.82) is 0 Å². The van der Waals surface area contributed by atoms with Gasteiger partial charge in [0.25, 0.3) is 5.91 Å². The average molecular weight is 266 g/mol. The molecular formula is C11H11ClF3NO. The topological polar surface area (TPSA) is 29.1 Å². The van der Waals surface area contributed by atoms with Gasteiger partial charge in [-0.25, -0.2) is 0 Å². The summed E-state index contributed by atoms with van der Waals surface area (Å²) in [4.78, 5) is 11.5. The summed E-state index contributed by atoms with van der Waals surface area (Å²) in [6, 6.07) is 2.61. The van der Waals surface area contributed by atoms with Crippen molar-refractivity contribution < 1.29 is 18.0 Å². The molecule has 0 aliphatic heterocycles. The smallest absolute Gasteiger partial charge is 0.350 e. The van der Waals surface area contributed by atoms with Crippen molar-refractivity contribution in [2.24, 2.45) is 0 Å². The fraction of sp³-hybridized carbons (Fsp3) is 0.364. The molecule has 0 bridgehead atoms. The highest BCUT2D eigenvalue weighted by atomic mass is 35.5. The monoisotopic (exact) mass is 265 g/mol. The first-order chi connectivity index (χ1) is 7.70. The molecule has 0 aliphatic rings. The molecule has 0 aliphatic carbocycles. The van der Waals surface area contributed by atoms with E-state index >= 15 is 0 Å². The number of hydrogen-bond donors (Lipinski definition) is 1. The Labute approximate surface area is 102 Å². The summed E-state index contributed by atoms with van der Waals surface area (Å²) in [7, 11) is 0. The van der Waals surface area contributed by atoms with E-state index < -0.39 is 17.6 Å². The van der Waals surface area contributed by atoms with Gasteiger partial charge in [0.15, 0.2) is 0 Å². The highest BCUT2D eigenvalue weighted by Crippen LogP contribution is 2.31. The van der Waals surface area contributed by atoms with E-state index in [0.29, 0.717) is 0 Å². The van der Waals surface area contributed by atoms with Gasteiger partial charge in [0.05, 0.1) is 5.56 Å². The number of amides is 1. The Morgan fingerprint density at radius 1 is 1.29 bits per heavy atom. The van der Waals surface area contributed by atoms with E-state index in [1.807, 2.05) is 0 Å². The molecule has 1 aromatic rings. The minimum absolute atomic E-state index is 0.0986. The highest BCUT2D eigenvalue weighted by Gasteiger charge is 2.31. The third-order valence-electron chi connectivity index (χ3n) is 1.91. The minimum atomic E-state index is -4.52. The number of carbonyl (C=O) groups excluding carboxylic acids is 1. The maximum Gasteiger partial charge on any atom is 0.416 e. The number of halogens is 4. The standard InChI is InChI=1S/C11H11ClF3NO/c1-6(2)16-10(17)7-3-8(11(13,14)15)5-9(12)4-7/h3-6H,1-2H3,(H,16,17). The fourth-order valence-electron chi connectivity index (χ4n) is 1.23. The van der Waals surface area contributed by atoms with Gasteiger partial charge in [-0.3, -0.25) is 4.79 Å². The van der Waals surface area contributed by atoms with E-state index in [0.717, 1.165) is 12.1 Å². The molecule has 1 amide bonds. The maximum absolute atomic E-state index is 12.5. The number of alkyl halides is 3. The van der Waals surface area contributed by atoms with Crippen LogP contribution in [0.5, 0.6) is 0 Å². The van der Waals surface area contributed by atoms with Crippen LogP contribution in [0, 0.1) is 0 Å². The van der Waals surface area contributed by atoms with Gasteiger partial charge in [0, 0.05) is 16.6 Å². The van der Waals surface area contributed by atoms with Gasteiger partial charge in [-0.15, -0.1) is 0 Å². The predicted molar refractivity (Wildman–Crippen MR) is 59.1 cm³/mol. The van der Waals surface area contributed by atoms with Crippen LogP contribution >= 0.6 is 11.6 Å². The third-order valence-corrected chi connectivity index (χ3v) is 2.13. The van der Waals surface area contributed by atoms with E-state index in [1.54, 1.807) is 13.8 Å². The van der Waals surface area contributed by atoms with Crippen LogP contribution in [0.25, 0.3) is 0 Å². The molecule has 0 saturated heterocycles. The lowest BCUT2D eigenvalue weighted by Crippen LogP contribution is -2.30. The van der Waals surface area contributed by atoms with E-state index in [-0.39, 0.29) is 16.6 Å². The lowest BCUT2D eigenvalue weighted by molar-refractivity contribution is -0.137. The summed E-state index contributed by atoms with van der Waals surface area (Å²) in [5, 5.41) is 2.38. The molecule has 1 N–H and O–H groups in total. The van der Waals surface area contributed by atoms with Crippen LogP contribution in [-0.2, 0) is 6.18 Å². The summed E-state index contributed by atoms with van der Waals surface area (Å²) >= 11 is 5.56. The Morgan fingerprint density at radius 2 is 1.88 bits per heavy atom. The molecule has 94 valence electrons. The Balaban J connectivity index is 3.10. The quantitative estimate of drug-likeness (QED) is 0.871. The number of carbonyl (C=O) groups is 1. The van der Waals surface area contributed by atoms with Crippen molar-refractivity contribution in [1.82, 2.24) is 5.32 Å². The van der Waals surface area contributed by atoms with Crippen molar-refractivity contribution in [2.75, 3.05) is 0 Å². The Bertz CT molecular complexity index is 429. The second-order valence-corrected chi connectivity index (χ2v) is 4.29. The summed E-state index contributed by atoms with van der Waals surface area (Å²) in [5.74, 6) is -0.576. The van der Waals surface area contributed by atoms with Gasteiger partial charge in [-0.05, 0) is 32.0 Å². The Morgan fingerprint density at radius 3 is 2.35 bits per heavy atom. The Hall–Kier alpha value is -1.23. The molecule has 1 rings (SSSR count). The molecule has 0 atom stereocenters. The van der Waals surface area contributed by atoms with Crippen LogP contribution in [0.4, 0.5) is 13.2 Å². The van der Waals surface area contributed by atoms with Gasteiger partial charge < -0.3 is 5.32 Å². The van der Waals surface area contributed by atoms with Crippen molar-refractivity contribution in [3.63, 3.8) is 0 Å². The van der Waals surface area contributed by atoms with Crippen LogP contribution in [0.3, 0.4) is 0 Å². The van der Waals surface area contributed by atoms with E-state index in [4.69, 9.17) is 11.6 Å². The average Bonchev–Trinajstić information content (AvgIpc) is 2.14. The van der Waals surface area contributed by atoms with E-state index in [2.05, 4.69) is 5.32 Å². The zero-order chi connectivity index (χ0) is 13.2. The lowest BCUT2D eigenvalue weighted by Gasteiger charge is -2.11. The summed E-state index contributed by atoms with van der Waals surface area (Å²) in [6.45, 7) is 3.43. The molecule has 17 heavy (non-hydrogen) atoms. The van der Waals surface area contributed by atoms with Gasteiger partial charge in [0.2, 0.25) is 0 Å². The first-order valence-electron chi connectivity index (χ1n) is 4.89. The molecule has 6 heteroatoms. The molecule has 0 fully saturated rings. The second kappa shape index (κ2) is 4.96. The SMILES string of the molecule is CC(C)NC(=O)c1cc(Cl)cc(C(F)(F)F)c1. The molecule has 0 radical (unpaired) electrons. The fourth-order valence-corrected chi connectivity index (χ4v) is 1.47. The molecule has 2 nitrogen and oxygen atoms in total. The normalized spacial score (nSPS) is 11.7. The number of nitrogens with one attached hydrogen (secondary N) is 1. The zero-order valence-corrected chi connectivity index (χ0v) is 9.99.